The lowest BCUT2D eigenvalue weighted by atomic mass is 10.0. The highest BCUT2D eigenvalue weighted by molar-refractivity contribution is 5.91. The van der Waals surface area contributed by atoms with Crippen molar-refractivity contribution in [2.24, 2.45) is 7.05 Å². The van der Waals surface area contributed by atoms with Crippen molar-refractivity contribution in [2.75, 3.05) is 31.0 Å². The van der Waals surface area contributed by atoms with E-state index in [0.29, 0.717) is 35.9 Å². The number of anilines is 3. The first-order valence-corrected chi connectivity index (χ1v) is 12.4. The first-order valence-electron chi connectivity index (χ1n) is 12.4. The Morgan fingerprint density at radius 3 is 2.56 bits per heavy atom. The molecule has 1 aliphatic carbocycles. The largest absolute Gasteiger partial charge is 0.473 e. The summed E-state index contributed by atoms with van der Waals surface area (Å²) in [6.07, 6.45) is -0.312. The van der Waals surface area contributed by atoms with Crippen LogP contribution in [0.4, 0.5) is 35.0 Å². The van der Waals surface area contributed by atoms with Crippen molar-refractivity contribution in [1.82, 2.24) is 24.9 Å². The molecule has 0 spiro atoms. The van der Waals surface area contributed by atoms with E-state index < -0.39 is 23.3 Å². The molecule has 11 nitrogen and oxygen atoms in total. The van der Waals surface area contributed by atoms with Crippen molar-refractivity contribution in [3.05, 3.63) is 60.0 Å². The summed E-state index contributed by atoms with van der Waals surface area (Å²) >= 11 is 0. The molecular weight excluding hydrogens is 550 g/mol. The highest BCUT2D eigenvalue weighted by Crippen LogP contribution is 2.59. The number of methoxy groups -OCH3 is 1. The third-order valence-corrected chi connectivity index (χ3v) is 6.50. The van der Waals surface area contributed by atoms with E-state index in [9.17, 15) is 22.4 Å². The van der Waals surface area contributed by atoms with Crippen molar-refractivity contribution in [3.63, 3.8) is 0 Å². The van der Waals surface area contributed by atoms with Crippen LogP contribution in [0.3, 0.4) is 0 Å². The second-order valence-corrected chi connectivity index (χ2v) is 9.47. The number of aromatic nitrogens is 5. The Morgan fingerprint density at radius 2 is 1.90 bits per heavy atom. The zero-order valence-corrected chi connectivity index (χ0v) is 22.0. The molecule has 1 aromatic carbocycles. The van der Waals surface area contributed by atoms with Gasteiger partial charge in [-0.1, -0.05) is 17.3 Å². The molecule has 15 heteroatoms. The average Bonchev–Trinajstić information content (AvgIpc) is 3.51. The smallest absolute Gasteiger partial charge is 0.401 e. The maximum absolute atomic E-state index is 14.9. The fraction of sp³-hybridized carbons (Fsp3) is 0.346. The summed E-state index contributed by atoms with van der Waals surface area (Å²) in [5.41, 5.74) is -0.406. The number of benzene rings is 1. The van der Waals surface area contributed by atoms with Crippen molar-refractivity contribution in [3.8, 4) is 17.0 Å². The predicted molar refractivity (Wildman–Crippen MR) is 137 cm³/mol. The summed E-state index contributed by atoms with van der Waals surface area (Å²) in [5.74, 6) is -1.20. The molecule has 4 aromatic rings. The maximum Gasteiger partial charge on any atom is 0.401 e. The second kappa shape index (κ2) is 11.2. The van der Waals surface area contributed by atoms with E-state index in [4.69, 9.17) is 14.0 Å². The van der Waals surface area contributed by atoms with Gasteiger partial charge < -0.3 is 24.6 Å². The molecule has 0 aliphatic heterocycles. The molecule has 1 saturated carbocycles. The van der Waals surface area contributed by atoms with Gasteiger partial charge in [0.05, 0.1) is 19.2 Å². The second-order valence-electron chi connectivity index (χ2n) is 9.47. The lowest BCUT2D eigenvalue weighted by molar-refractivity contribution is -0.165. The Balaban J connectivity index is 1.20. The monoisotopic (exact) mass is 575 g/mol. The highest BCUT2D eigenvalue weighted by atomic mass is 19.4. The third-order valence-electron chi connectivity index (χ3n) is 6.50. The summed E-state index contributed by atoms with van der Waals surface area (Å²) in [5, 5.41) is 13.1. The van der Waals surface area contributed by atoms with E-state index in [1.165, 1.54) is 24.5 Å². The summed E-state index contributed by atoms with van der Waals surface area (Å²) < 4.78 is 71.6. The van der Waals surface area contributed by atoms with E-state index in [0.717, 1.165) is 6.07 Å². The van der Waals surface area contributed by atoms with Gasteiger partial charge in [0.15, 0.2) is 11.6 Å². The topological polar surface area (TPSA) is 129 Å². The molecule has 0 bridgehead atoms. The van der Waals surface area contributed by atoms with Gasteiger partial charge >= 0.3 is 6.18 Å². The lowest BCUT2D eigenvalue weighted by Gasteiger charge is -2.14. The maximum atomic E-state index is 14.9. The van der Waals surface area contributed by atoms with Crippen LogP contribution in [0.1, 0.15) is 24.2 Å². The van der Waals surface area contributed by atoms with Crippen molar-refractivity contribution < 1.29 is 36.4 Å². The van der Waals surface area contributed by atoms with Crippen LogP contribution in [0.5, 0.6) is 5.88 Å². The normalized spacial score (nSPS) is 14.1. The van der Waals surface area contributed by atoms with Crippen molar-refractivity contribution in [1.29, 1.82) is 0 Å². The molecule has 3 aromatic heterocycles. The van der Waals surface area contributed by atoms with E-state index >= 15 is 0 Å². The number of carbonyl (C=O) groups excluding carboxylic acids is 1. The lowest BCUT2D eigenvalue weighted by Crippen LogP contribution is -2.28. The van der Waals surface area contributed by atoms with Gasteiger partial charge in [0.2, 0.25) is 11.9 Å². The number of nitrogens with one attached hydrogen (secondary N) is 2. The molecule has 0 unspecified atom stereocenters. The molecule has 0 radical (unpaired) electrons. The Labute approximate surface area is 230 Å². The van der Waals surface area contributed by atoms with Gasteiger partial charge in [-0.15, -0.1) is 5.10 Å². The molecule has 1 fully saturated rings. The van der Waals surface area contributed by atoms with Gasteiger partial charge in [-0.25, -0.2) is 14.4 Å². The van der Waals surface area contributed by atoms with Gasteiger partial charge in [0, 0.05) is 38.2 Å². The first kappa shape index (κ1) is 28.0. The van der Waals surface area contributed by atoms with E-state index in [2.05, 4.69) is 30.9 Å². The number of amides is 1. The summed E-state index contributed by atoms with van der Waals surface area (Å²) in [7, 11) is 3.31. The van der Waals surface area contributed by atoms with Crippen molar-refractivity contribution in [2.45, 2.75) is 30.9 Å². The van der Waals surface area contributed by atoms with Gasteiger partial charge in [-0.05, 0) is 30.0 Å². The van der Waals surface area contributed by atoms with Gasteiger partial charge in [0.25, 0.3) is 5.88 Å². The molecular formula is C26H25F4N7O4. The van der Waals surface area contributed by atoms with Crippen LogP contribution >= 0.6 is 0 Å². The fourth-order valence-electron chi connectivity index (χ4n) is 4.13. The minimum absolute atomic E-state index is 0.0840. The number of ether oxygens (including phenoxy) is 2. The zero-order chi connectivity index (χ0) is 29.2. The minimum Gasteiger partial charge on any atom is -0.473 e. The van der Waals surface area contributed by atoms with Crippen LogP contribution in [0, 0.1) is 5.82 Å². The van der Waals surface area contributed by atoms with Crippen LogP contribution in [-0.2, 0) is 28.4 Å². The van der Waals surface area contributed by atoms with E-state index in [1.807, 2.05) is 0 Å². The number of halogens is 4. The van der Waals surface area contributed by atoms with Crippen LogP contribution in [-0.4, -0.2) is 57.3 Å². The summed E-state index contributed by atoms with van der Waals surface area (Å²) in [6.45, 7) is 0.713. The zero-order valence-electron chi connectivity index (χ0n) is 22.0. The predicted octanol–water partition coefficient (Wildman–Crippen LogP) is 4.55. The number of carbonyl (C=O) groups is 1. The Bertz CT molecular complexity index is 1530. The quantitative estimate of drug-likeness (QED) is 0.196. The Morgan fingerprint density at radius 1 is 1.15 bits per heavy atom. The average molecular weight is 576 g/mol. The Hall–Kier alpha value is -4.53. The molecule has 5 rings (SSSR count). The molecule has 0 atom stereocenters. The third kappa shape index (κ3) is 6.14. The fourth-order valence-corrected chi connectivity index (χ4v) is 4.13. The SMILES string of the molecule is COCCOc1nn(C)cc1Nc1ncc(-c2ccc(CC(=O)Nc3cc(C4(C(F)(F)F)CC4)on3)c(F)c2)cn1. The summed E-state index contributed by atoms with van der Waals surface area (Å²) in [4.78, 5) is 21.0. The summed E-state index contributed by atoms with van der Waals surface area (Å²) in [6, 6.07) is 5.34. The van der Waals surface area contributed by atoms with E-state index in [-0.39, 0.29) is 42.4 Å². The minimum atomic E-state index is -4.47. The molecule has 1 amide bonds. The van der Waals surface area contributed by atoms with Crippen molar-refractivity contribution >= 4 is 23.4 Å². The molecule has 1 aliphatic rings. The highest BCUT2D eigenvalue weighted by Gasteiger charge is 2.66. The van der Waals surface area contributed by atoms with Gasteiger partial charge in [-0.3, -0.25) is 9.48 Å². The van der Waals surface area contributed by atoms with Crippen LogP contribution in [0.15, 0.2) is 47.4 Å². The van der Waals surface area contributed by atoms with Crippen LogP contribution in [0.25, 0.3) is 11.1 Å². The molecule has 3 heterocycles. The number of rotatable bonds is 11. The van der Waals surface area contributed by atoms with Gasteiger partial charge in [-0.2, -0.15) is 13.2 Å². The number of nitrogens with zero attached hydrogens (tertiary/aromatic N) is 5. The van der Waals surface area contributed by atoms with E-state index in [1.54, 1.807) is 31.1 Å². The first-order chi connectivity index (χ1) is 19.6. The molecule has 41 heavy (non-hydrogen) atoms. The number of alkyl halides is 3. The molecule has 216 valence electrons. The van der Waals surface area contributed by atoms with Gasteiger partial charge in [0.1, 0.15) is 23.5 Å². The number of hydrogen-bond donors (Lipinski definition) is 2. The standard InChI is InChI=1S/C26H25F4N7O4/c1-37-14-19(23(35-37)40-8-7-39-2)33-24-31-12-17(13-32-24)15-3-4-16(18(27)9-15)10-22(38)34-21-11-20(41-36-21)25(5-6-25)26(28,29)30/h3-4,9,11-14H,5-8,10H2,1-2H3,(H,31,32,33)(H,34,36,38). The molecule has 0 saturated heterocycles. The number of hydrogen-bond acceptors (Lipinski definition) is 9. The molecule has 2 N–H and O–H groups in total. The van der Waals surface area contributed by atoms with Crippen LogP contribution < -0.4 is 15.4 Å². The van der Waals surface area contributed by atoms with Crippen LogP contribution in [0.2, 0.25) is 0 Å². The Kier molecular flexibility index (Phi) is 7.62. The number of aryl methyl sites for hydroxylation is 1.